The first-order valence-electron chi connectivity index (χ1n) is 3.05. The molecule has 3 N–H and O–H groups in total. The molecule has 10 heavy (non-hydrogen) atoms. The zero-order chi connectivity index (χ0) is 7.28. The molecule has 60 valence electrons. The Bertz CT molecular complexity index is 125. The summed E-state index contributed by atoms with van der Waals surface area (Å²) < 4.78 is 0. The summed E-state index contributed by atoms with van der Waals surface area (Å²) in [5.41, 5.74) is 4.91. The Hall–Kier alpha value is -0.570. The molecule has 4 heteroatoms. The number of amidine groups is 1. The van der Waals surface area contributed by atoms with Crippen LogP contribution < -0.4 is 5.73 Å². The minimum absolute atomic E-state index is 0. The van der Waals surface area contributed by atoms with Crippen LogP contribution in [0.15, 0.2) is 0 Å². The third-order valence-electron chi connectivity index (χ3n) is 1.06. The molecule has 0 aliphatic carbocycles. The highest BCUT2D eigenvalue weighted by Gasteiger charge is 2.01. The number of hydrogen-bond acceptors (Lipinski definition) is 2. The number of carbonyl (C=O) groups is 1. The fourth-order valence-corrected chi connectivity index (χ4v) is 0.472. The van der Waals surface area contributed by atoms with Gasteiger partial charge >= 0.3 is 0 Å². The van der Waals surface area contributed by atoms with Crippen molar-refractivity contribution in [2.45, 2.75) is 26.2 Å². The Morgan fingerprint density at radius 2 is 2.10 bits per heavy atom. The fraction of sp³-hybridized carbons (Fsp3) is 0.667. The minimum atomic E-state index is -0.316. The molecule has 0 bridgehead atoms. The Labute approximate surface area is 66.9 Å². The van der Waals surface area contributed by atoms with Crippen molar-refractivity contribution in [1.29, 1.82) is 5.41 Å². The van der Waals surface area contributed by atoms with Crippen LogP contribution in [0.3, 0.4) is 0 Å². The van der Waals surface area contributed by atoms with Crippen molar-refractivity contribution in [1.82, 2.24) is 0 Å². The van der Waals surface area contributed by atoms with Gasteiger partial charge in [0.15, 0.2) is 11.6 Å². The third-order valence-corrected chi connectivity index (χ3v) is 1.06. The number of nitrogens with two attached hydrogens (primary N) is 1. The van der Waals surface area contributed by atoms with Crippen LogP contribution >= 0.6 is 12.4 Å². The Kier molecular flexibility index (Phi) is 7.95. The number of carbonyl (C=O) groups excluding carboxylic acids is 1. The molecule has 0 radical (unpaired) electrons. The van der Waals surface area contributed by atoms with Crippen molar-refractivity contribution < 1.29 is 4.79 Å². The van der Waals surface area contributed by atoms with Crippen molar-refractivity contribution >= 4 is 24.0 Å². The van der Waals surface area contributed by atoms with Crippen LogP contribution in [0.25, 0.3) is 0 Å². The lowest BCUT2D eigenvalue weighted by Gasteiger charge is -1.93. The number of nitrogens with one attached hydrogen (secondary N) is 1. The van der Waals surface area contributed by atoms with Gasteiger partial charge in [0.25, 0.3) is 0 Å². The average molecular weight is 165 g/mol. The maximum absolute atomic E-state index is 10.6. The van der Waals surface area contributed by atoms with Gasteiger partial charge in [-0.05, 0) is 6.42 Å². The molecule has 0 rings (SSSR count). The predicted molar refractivity (Wildman–Crippen MR) is 43.7 cm³/mol. The van der Waals surface area contributed by atoms with Crippen molar-refractivity contribution in [3.05, 3.63) is 0 Å². The van der Waals surface area contributed by atoms with E-state index in [0.717, 1.165) is 12.8 Å². The van der Waals surface area contributed by atoms with Crippen molar-refractivity contribution in [3.63, 3.8) is 0 Å². The van der Waals surface area contributed by atoms with E-state index in [0.29, 0.717) is 6.42 Å². The predicted octanol–water partition coefficient (Wildman–Crippen LogP) is 1.10. The first kappa shape index (κ1) is 12.1. The molecular weight excluding hydrogens is 152 g/mol. The second-order valence-electron chi connectivity index (χ2n) is 1.94. The second kappa shape index (κ2) is 6.55. The third kappa shape index (κ3) is 5.56. The van der Waals surface area contributed by atoms with Crippen LogP contribution in [-0.2, 0) is 4.79 Å². The molecular formula is C6H13ClN2O. The summed E-state index contributed by atoms with van der Waals surface area (Å²) in [5, 5.41) is 6.71. The van der Waals surface area contributed by atoms with Gasteiger partial charge in [0.2, 0.25) is 0 Å². The molecule has 0 heterocycles. The summed E-state index contributed by atoms with van der Waals surface area (Å²) in [6, 6.07) is 0. The maximum atomic E-state index is 10.6. The molecule has 0 fully saturated rings. The molecule has 0 aromatic rings. The monoisotopic (exact) mass is 164 g/mol. The molecule has 0 aliphatic heterocycles. The summed E-state index contributed by atoms with van der Waals surface area (Å²) in [4.78, 5) is 10.6. The molecule has 0 aromatic carbocycles. The van der Waals surface area contributed by atoms with Gasteiger partial charge in [0.1, 0.15) is 0 Å². The average Bonchev–Trinajstić information content (AvgIpc) is 1.82. The maximum Gasteiger partial charge on any atom is 0.196 e. The molecule has 0 unspecified atom stereocenters. The number of Topliss-reactive ketones (excluding diaryl/α,β-unsaturated/α-hetero) is 1. The van der Waals surface area contributed by atoms with Gasteiger partial charge in [-0.3, -0.25) is 10.2 Å². The highest BCUT2D eigenvalue weighted by atomic mass is 35.5. The van der Waals surface area contributed by atoms with Gasteiger partial charge in [-0.1, -0.05) is 13.3 Å². The topological polar surface area (TPSA) is 66.9 Å². The summed E-state index contributed by atoms with van der Waals surface area (Å²) in [6.45, 7) is 1.99. The van der Waals surface area contributed by atoms with Gasteiger partial charge in [-0.2, -0.15) is 0 Å². The van der Waals surface area contributed by atoms with E-state index in [2.05, 4.69) is 0 Å². The highest BCUT2D eigenvalue weighted by molar-refractivity contribution is 6.36. The van der Waals surface area contributed by atoms with E-state index in [9.17, 15) is 4.79 Å². The summed E-state index contributed by atoms with van der Waals surface area (Å²) in [6.07, 6.45) is 2.23. The lowest BCUT2D eigenvalue weighted by Crippen LogP contribution is -2.21. The number of ketones is 1. The molecule has 0 aromatic heterocycles. The number of unbranched alkanes of at least 4 members (excludes halogenated alkanes) is 1. The SMILES string of the molecule is CCCCC(=O)C(=N)N.Cl. The zero-order valence-corrected chi connectivity index (χ0v) is 6.83. The molecule has 0 atom stereocenters. The van der Waals surface area contributed by atoms with Gasteiger partial charge in [0, 0.05) is 6.42 Å². The first-order chi connectivity index (χ1) is 4.18. The summed E-state index contributed by atoms with van der Waals surface area (Å²) in [5.74, 6) is -0.555. The Balaban J connectivity index is 0. The summed E-state index contributed by atoms with van der Waals surface area (Å²) >= 11 is 0. The smallest absolute Gasteiger partial charge is 0.196 e. The zero-order valence-electron chi connectivity index (χ0n) is 6.02. The number of halogens is 1. The van der Waals surface area contributed by atoms with Gasteiger partial charge in [-0.25, -0.2) is 0 Å². The molecule has 0 amide bonds. The Morgan fingerprint density at radius 1 is 1.60 bits per heavy atom. The highest BCUT2D eigenvalue weighted by Crippen LogP contribution is 1.93. The van der Waals surface area contributed by atoms with E-state index >= 15 is 0 Å². The van der Waals surface area contributed by atoms with Crippen LogP contribution in [0, 0.1) is 5.41 Å². The van der Waals surface area contributed by atoms with E-state index in [1.165, 1.54) is 0 Å². The van der Waals surface area contributed by atoms with Crippen molar-refractivity contribution in [2.75, 3.05) is 0 Å². The standard InChI is InChI=1S/C6H12N2O.ClH/c1-2-3-4-5(9)6(7)8;/h2-4H2,1H3,(H3,7,8);1H. The van der Waals surface area contributed by atoms with E-state index in [1.54, 1.807) is 0 Å². The molecule has 0 aliphatic rings. The van der Waals surface area contributed by atoms with Crippen LogP contribution in [0.4, 0.5) is 0 Å². The lowest BCUT2D eigenvalue weighted by atomic mass is 10.2. The number of hydrogen-bond donors (Lipinski definition) is 2. The summed E-state index contributed by atoms with van der Waals surface area (Å²) in [7, 11) is 0. The normalized spacial score (nSPS) is 8.10. The second-order valence-corrected chi connectivity index (χ2v) is 1.94. The number of rotatable bonds is 4. The van der Waals surface area contributed by atoms with Crippen LogP contribution in [0.5, 0.6) is 0 Å². The van der Waals surface area contributed by atoms with Crippen LogP contribution in [0.1, 0.15) is 26.2 Å². The molecule has 0 saturated carbocycles. The quantitative estimate of drug-likeness (QED) is 0.483. The van der Waals surface area contributed by atoms with Crippen LogP contribution in [-0.4, -0.2) is 11.6 Å². The van der Waals surface area contributed by atoms with Gasteiger partial charge < -0.3 is 5.73 Å². The van der Waals surface area contributed by atoms with Crippen molar-refractivity contribution in [3.8, 4) is 0 Å². The van der Waals surface area contributed by atoms with E-state index in [4.69, 9.17) is 11.1 Å². The van der Waals surface area contributed by atoms with Crippen LogP contribution in [0.2, 0.25) is 0 Å². The largest absolute Gasteiger partial charge is 0.381 e. The molecule has 3 nitrogen and oxygen atoms in total. The van der Waals surface area contributed by atoms with E-state index in [-0.39, 0.29) is 24.0 Å². The van der Waals surface area contributed by atoms with Crippen molar-refractivity contribution in [2.24, 2.45) is 5.73 Å². The lowest BCUT2D eigenvalue weighted by molar-refractivity contribution is -0.113. The molecule has 0 spiro atoms. The Morgan fingerprint density at radius 3 is 2.40 bits per heavy atom. The fourth-order valence-electron chi connectivity index (χ4n) is 0.472. The van der Waals surface area contributed by atoms with Gasteiger partial charge in [0.05, 0.1) is 0 Å². The molecule has 0 saturated heterocycles. The minimum Gasteiger partial charge on any atom is -0.381 e. The van der Waals surface area contributed by atoms with E-state index < -0.39 is 0 Å². The first-order valence-corrected chi connectivity index (χ1v) is 3.05. The van der Waals surface area contributed by atoms with Gasteiger partial charge in [-0.15, -0.1) is 12.4 Å². The van der Waals surface area contributed by atoms with E-state index in [1.807, 2.05) is 6.92 Å².